The second-order valence-electron chi connectivity index (χ2n) is 7.11. The first-order chi connectivity index (χ1) is 15.6. The average Bonchev–Trinajstić information content (AvgIpc) is 3.43. The number of halogens is 1. The molecule has 32 heavy (non-hydrogen) atoms. The van der Waals surface area contributed by atoms with Gasteiger partial charge >= 0.3 is 6.03 Å². The van der Waals surface area contributed by atoms with Gasteiger partial charge in [-0.1, -0.05) is 12.1 Å². The molecule has 8 nitrogen and oxygen atoms in total. The van der Waals surface area contributed by atoms with Gasteiger partial charge in [0.25, 0.3) is 0 Å². The summed E-state index contributed by atoms with van der Waals surface area (Å²) in [6, 6.07) is 18.4. The fourth-order valence-corrected chi connectivity index (χ4v) is 3.40. The minimum atomic E-state index is -0.460. The lowest BCUT2D eigenvalue weighted by molar-refractivity contribution is 0.262. The number of carbonyl (C=O) groups is 1. The Bertz CT molecular complexity index is 1390. The number of rotatable bonds is 5. The van der Waals surface area contributed by atoms with Crippen LogP contribution >= 0.6 is 0 Å². The van der Waals surface area contributed by atoms with Gasteiger partial charge in [0.2, 0.25) is 0 Å². The minimum Gasteiger partial charge on any atom is -0.355 e. The zero-order valence-electron chi connectivity index (χ0n) is 16.7. The van der Waals surface area contributed by atoms with E-state index >= 15 is 0 Å². The fourth-order valence-electron chi connectivity index (χ4n) is 3.40. The highest BCUT2D eigenvalue weighted by atomic mass is 19.1. The maximum atomic E-state index is 13.3. The van der Waals surface area contributed by atoms with Crippen LogP contribution in [0.3, 0.4) is 0 Å². The molecule has 0 aliphatic carbocycles. The third-order valence-electron chi connectivity index (χ3n) is 4.83. The Morgan fingerprint density at radius 1 is 0.875 bits per heavy atom. The Morgan fingerprint density at radius 2 is 1.62 bits per heavy atom. The molecule has 2 heterocycles. The van der Waals surface area contributed by atoms with Crippen molar-refractivity contribution in [3.8, 4) is 11.3 Å². The zero-order chi connectivity index (χ0) is 21.9. The highest BCUT2D eigenvalue weighted by Crippen LogP contribution is 2.29. The molecule has 5 aromatic rings. The lowest BCUT2D eigenvalue weighted by Crippen LogP contribution is -2.19. The second kappa shape index (κ2) is 8.23. The molecule has 0 aliphatic rings. The van der Waals surface area contributed by atoms with E-state index in [1.165, 1.54) is 18.2 Å². The van der Waals surface area contributed by atoms with E-state index in [0.29, 0.717) is 11.4 Å². The van der Waals surface area contributed by atoms with Crippen molar-refractivity contribution in [2.75, 3.05) is 16.0 Å². The number of nitrogens with one attached hydrogen (secondary N) is 5. The van der Waals surface area contributed by atoms with Crippen LogP contribution in [0.4, 0.5) is 31.9 Å². The highest BCUT2D eigenvalue weighted by Gasteiger charge is 2.10. The van der Waals surface area contributed by atoms with Gasteiger partial charge in [-0.25, -0.2) is 9.18 Å². The Labute approximate surface area is 181 Å². The third-order valence-corrected chi connectivity index (χ3v) is 4.83. The molecule has 0 bridgehead atoms. The Balaban J connectivity index is 1.29. The van der Waals surface area contributed by atoms with E-state index in [1.807, 2.05) is 30.3 Å². The summed E-state index contributed by atoms with van der Waals surface area (Å²) < 4.78 is 13.3. The van der Waals surface area contributed by atoms with Crippen molar-refractivity contribution in [1.82, 2.24) is 20.4 Å². The number of benzene rings is 3. The normalized spacial score (nSPS) is 10.8. The summed E-state index contributed by atoms with van der Waals surface area (Å²) in [6.45, 7) is 0. The van der Waals surface area contributed by atoms with Crippen molar-refractivity contribution in [3.63, 3.8) is 0 Å². The average molecular weight is 427 g/mol. The predicted octanol–water partition coefficient (Wildman–Crippen LogP) is 5.48. The molecule has 0 saturated heterocycles. The summed E-state index contributed by atoms with van der Waals surface area (Å²) >= 11 is 0. The molecular formula is C23H18FN7O. The molecule has 5 rings (SSSR count). The molecule has 0 saturated carbocycles. The lowest BCUT2D eigenvalue weighted by Gasteiger charge is -2.11. The molecule has 0 aliphatic heterocycles. The molecule has 2 aromatic heterocycles. The minimum absolute atomic E-state index is 0.374. The highest BCUT2D eigenvalue weighted by molar-refractivity contribution is 6.00. The maximum Gasteiger partial charge on any atom is 0.323 e. The molecule has 158 valence electrons. The van der Waals surface area contributed by atoms with Crippen LogP contribution in [0.1, 0.15) is 0 Å². The molecule has 0 unspecified atom stereocenters. The molecule has 0 fully saturated rings. The third kappa shape index (κ3) is 4.12. The molecule has 9 heteroatoms. The number of carbonyl (C=O) groups excluding carboxylic acids is 1. The van der Waals surface area contributed by atoms with Crippen LogP contribution in [-0.2, 0) is 0 Å². The van der Waals surface area contributed by atoms with Gasteiger partial charge in [0.15, 0.2) is 0 Å². The van der Waals surface area contributed by atoms with E-state index in [0.717, 1.165) is 33.5 Å². The number of fused-ring (bicyclic) bond motifs is 1. The molecule has 0 spiro atoms. The van der Waals surface area contributed by atoms with E-state index in [4.69, 9.17) is 0 Å². The van der Waals surface area contributed by atoms with Gasteiger partial charge in [-0.3, -0.25) is 10.2 Å². The second-order valence-corrected chi connectivity index (χ2v) is 7.11. The van der Waals surface area contributed by atoms with Crippen molar-refractivity contribution in [1.29, 1.82) is 0 Å². The SMILES string of the molecule is O=C(Nc1cccc(F)c1)Nc1cccc(Nc2ccc3c(-c4cn[nH]c4)n[nH]c3c2)c1. The van der Waals surface area contributed by atoms with Crippen LogP contribution in [0, 0.1) is 5.82 Å². The van der Waals surface area contributed by atoms with E-state index < -0.39 is 11.8 Å². The smallest absolute Gasteiger partial charge is 0.323 e. The standard InChI is InChI=1S/C23H18FN7O/c24-15-3-1-4-16(9-15)28-23(32)29-18-6-2-5-17(10-18)27-19-7-8-20-21(11-19)30-31-22(20)14-12-25-26-13-14/h1-13,27H,(H,25,26)(H,30,31)(H2,28,29,32). The lowest BCUT2D eigenvalue weighted by atomic mass is 10.1. The van der Waals surface area contributed by atoms with Crippen molar-refractivity contribution in [2.24, 2.45) is 0 Å². The summed E-state index contributed by atoms with van der Waals surface area (Å²) in [4.78, 5) is 12.2. The molecule has 0 atom stereocenters. The monoisotopic (exact) mass is 427 g/mol. The van der Waals surface area contributed by atoms with Gasteiger partial charge in [-0.15, -0.1) is 0 Å². The fraction of sp³-hybridized carbons (Fsp3) is 0. The topological polar surface area (TPSA) is 111 Å². The van der Waals surface area contributed by atoms with Gasteiger partial charge in [0, 0.05) is 39.9 Å². The molecule has 0 radical (unpaired) electrons. The Kier molecular flexibility index (Phi) is 4.97. The first-order valence-corrected chi connectivity index (χ1v) is 9.82. The van der Waals surface area contributed by atoms with Crippen LogP contribution in [0.25, 0.3) is 22.2 Å². The Hall–Kier alpha value is -4.66. The van der Waals surface area contributed by atoms with Gasteiger partial charge in [-0.05, 0) is 54.6 Å². The maximum absolute atomic E-state index is 13.3. The molecule has 2 amide bonds. The number of hydrogen-bond donors (Lipinski definition) is 5. The number of anilines is 4. The van der Waals surface area contributed by atoms with Gasteiger partial charge in [-0.2, -0.15) is 10.2 Å². The van der Waals surface area contributed by atoms with Gasteiger partial charge < -0.3 is 16.0 Å². The predicted molar refractivity (Wildman–Crippen MR) is 122 cm³/mol. The zero-order valence-corrected chi connectivity index (χ0v) is 16.7. The number of hydrogen-bond acceptors (Lipinski definition) is 4. The van der Waals surface area contributed by atoms with Crippen LogP contribution in [0.5, 0.6) is 0 Å². The number of amides is 2. The molecule has 3 aromatic carbocycles. The van der Waals surface area contributed by atoms with E-state index in [2.05, 4.69) is 36.3 Å². The van der Waals surface area contributed by atoms with E-state index in [1.54, 1.807) is 30.6 Å². The summed E-state index contributed by atoms with van der Waals surface area (Å²) in [6.07, 6.45) is 3.52. The quantitative estimate of drug-likeness (QED) is 0.256. The van der Waals surface area contributed by atoms with Crippen LogP contribution < -0.4 is 16.0 Å². The van der Waals surface area contributed by atoms with Crippen LogP contribution in [0.15, 0.2) is 79.1 Å². The molecular weight excluding hydrogens is 409 g/mol. The van der Waals surface area contributed by atoms with Crippen molar-refractivity contribution in [2.45, 2.75) is 0 Å². The van der Waals surface area contributed by atoms with Crippen molar-refractivity contribution >= 4 is 39.7 Å². The number of aromatic amines is 2. The van der Waals surface area contributed by atoms with Crippen molar-refractivity contribution < 1.29 is 9.18 Å². The van der Waals surface area contributed by atoms with E-state index in [9.17, 15) is 9.18 Å². The Morgan fingerprint density at radius 3 is 2.41 bits per heavy atom. The summed E-state index contributed by atoms with van der Waals surface area (Å²) in [7, 11) is 0. The number of nitrogens with zero attached hydrogens (tertiary/aromatic N) is 2. The summed E-state index contributed by atoms with van der Waals surface area (Å²) in [5, 5.41) is 23.9. The number of urea groups is 1. The van der Waals surface area contributed by atoms with Gasteiger partial charge in [0.05, 0.1) is 11.7 Å². The number of H-pyrrole nitrogens is 2. The van der Waals surface area contributed by atoms with Crippen molar-refractivity contribution in [3.05, 3.63) is 84.9 Å². The largest absolute Gasteiger partial charge is 0.355 e. The summed E-state index contributed by atoms with van der Waals surface area (Å²) in [5.41, 5.74) is 5.25. The molecule has 5 N–H and O–H groups in total. The van der Waals surface area contributed by atoms with E-state index in [-0.39, 0.29) is 0 Å². The first-order valence-electron chi connectivity index (χ1n) is 9.82. The van der Waals surface area contributed by atoms with Crippen LogP contribution in [-0.4, -0.2) is 26.4 Å². The summed E-state index contributed by atoms with van der Waals surface area (Å²) in [5.74, 6) is -0.417. The van der Waals surface area contributed by atoms with Gasteiger partial charge in [0.1, 0.15) is 11.5 Å². The number of aromatic nitrogens is 4. The first kappa shape index (κ1) is 19.3. The van der Waals surface area contributed by atoms with Crippen LogP contribution in [0.2, 0.25) is 0 Å².